The van der Waals surface area contributed by atoms with E-state index in [2.05, 4.69) is 61.3 Å². The van der Waals surface area contributed by atoms with E-state index in [1.165, 1.54) is 21.1 Å². The maximum Gasteiger partial charge on any atom is 0.101 e. The van der Waals surface area contributed by atoms with Crippen molar-refractivity contribution in [1.82, 2.24) is 24.6 Å². The van der Waals surface area contributed by atoms with Crippen LogP contribution >= 0.6 is 11.3 Å². The number of rotatable bonds is 3. The number of fused-ring (bicyclic) bond motifs is 2. The minimum atomic E-state index is 0.0126. The normalized spacial score (nSPS) is 16.2. The van der Waals surface area contributed by atoms with E-state index in [1.54, 1.807) is 11.3 Å². The van der Waals surface area contributed by atoms with E-state index in [9.17, 15) is 0 Å². The van der Waals surface area contributed by atoms with Gasteiger partial charge in [0, 0.05) is 36.7 Å². The number of hydrogen-bond acceptors (Lipinski definition) is 5. The molecular weight excluding hydrogens is 342 g/mol. The smallest absolute Gasteiger partial charge is 0.101 e. The first-order valence-corrected chi connectivity index (χ1v) is 10.0. The molecule has 0 fully saturated rings. The van der Waals surface area contributed by atoms with E-state index in [4.69, 9.17) is 10.1 Å². The molecule has 0 aliphatic carbocycles. The molecule has 26 heavy (non-hydrogen) atoms. The lowest BCUT2D eigenvalue weighted by molar-refractivity contribution is 0.176. The largest absolute Gasteiger partial charge is 0.295 e. The van der Waals surface area contributed by atoms with Crippen LogP contribution in [0.25, 0.3) is 10.2 Å². The molecule has 0 spiro atoms. The molecule has 0 unspecified atom stereocenters. The van der Waals surface area contributed by atoms with Gasteiger partial charge in [-0.1, -0.05) is 34.6 Å². The van der Waals surface area contributed by atoms with Gasteiger partial charge in [-0.15, -0.1) is 11.3 Å². The summed E-state index contributed by atoms with van der Waals surface area (Å²) in [4.78, 5) is 11.6. The average Bonchev–Trinajstić information content (AvgIpc) is 3.18. The summed E-state index contributed by atoms with van der Waals surface area (Å²) < 4.78 is 3.41. The Hall–Kier alpha value is -1.79. The zero-order valence-corrected chi connectivity index (χ0v) is 17.1. The van der Waals surface area contributed by atoms with Crippen LogP contribution in [-0.4, -0.2) is 37.7 Å². The predicted molar refractivity (Wildman–Crippen MR) is 107 cm³/mol. The van der Waals surface area contributed by atoms with Gasteiger partial charge >= 0.3 is 0 Å². The molecule has 0 bridgehead atoms. The van der Waals surface area contributed by atoms with E-state index >= 15 is 0 Å². The third-order valence-electron chi connectivity index (χ3n) is 5.03. The number of nitrogens with zero attached hydrogens (tertiary/aromatic N) is 5. The standard InChI is InChI=1S/C20H27N5S/c1-19(2,3)17-10-14-12-24(8-9-25(14)23-17)13-20(4,5)18-22-15-11-21-7-6-16(15)26-18/h6-7,10-11H,8-9,12-13H2,1-5H3. The van der Waals surface area contributed by atoms with Crippen molar-refractivity contribution in [3.05, 3.63) is 40.9 Å². The first-order chi connectivity index (χ1) is 12.2. The molecule has 0 saturated heterocycles. The van der Waals surface area contributed by atoms with Crippen LogP contribution in [0.3, 0.4) is 0 Å². The first-order valence-electron chi connectivity index (χ1n) is 9.23. The molecule has 4 heterocycles. The molecule has 1 aliphatic heterocycles. The Labute approximate surface area is 159 Å². The first kappa shape index (κ1) is 17.6. The quantitative estimate of drug-likeness (QED) is 0.701. The Morgan fingerprint density at radius 2 is 1.96 bits per heavy atom. The molecule has 5 nitrogen and oxygen atoms in total. The highest BCUT2D eigenvalue weighted by Crippen LogP contribution is 2.33. The second-order valence-corrected chi connectivity index (χ2v) is 9.98. The Morgan fingerprint density at radius 3 is 2.69 bits per heavy atom. The Morgan fingerprint density at radius 1 is 1.15 bits per heavy atom. The molecule has 0 saturated carbocycles. The molecule has 0 amide bonds. The molecule has 4 rings (SSSR count). The van der Waals surface area contributed by atoms with Crippen LogP contribution in [0.2, 0.25) is 0 Å². The molecule has 6 heteroatoms. The second kappa shape index (κ2) is 6.13. The summed E-state index contributed by atoms with van der Waals surface area (Å²) in [7, 11) is 0. The third kappa shape index (κ3) is 3.28. The van der Waals surface area contributed by atoms with Gasteiger partial charge in [0.2, 0.25) is 0 Å². The molecule has 3 aromatic heterocycles. The van der Waals surface area contributed by atoms with Crippen LogP contribution in [0.15, 0.2) is 24.5 Å². The van der Waals surface area contributed by atoms with Crippen molar-refractivity contribution in [2.75, 3.05) is 13.1 Å². The van der Waals surface area contributed by atoms with Gasteiger partial charge in [0.15, 0.2) is 0 Å². The monoisotopic (exact) mass is 369 g/mol. The third-order valence-corrected chi connectivity index (χ3v) is 6.44. The lowest BCUT2D eigenvalue weighted by Gasteiger charge is -2.34. The van der Waals surface area contributed by atoms with Gasteiger partial charge in [-0.3, -0.25) is 14.6 Å². The van der Waals surface area contributed by atoms with Crippen molar-refractivity contribution < 1.29 is 0 Å². The van der Waals surface area contributed by atoms with Crippen molar-refractivity contribution in [3.8, 4) is 0 Å². The fraction of sp³-hybridized carbons (Fsp3) is 0.550. The van der Waals surface area contributed by atoms with Gasteiger partial charge in [-0.25, -0.2) is 4.98 Å². The SMILES string of the molecule is CC(C)(C)c1cc2n(n1)CCN(CC(C)(C)c1nc3cnccc3s1)C2. The number of pyridine rings is 1. The van der Waals surface area contributed by atoms with Crippen molar-refractivity contribution in [2.24, 2.45) is 0 Å². The lowest BCUT2D eigenvalue weighted by Crippen LogP contribution is -2.41. The minimum absolute atomic E-state index is 0.0126. The summed E-state index contributed by atoms with van der Waals surface area (Å²) in [5.41, 5.74) is 3.63. The van der Waals surface area contributed by atoms with E-state index in [1.807, 2.05) is 12.4 Å². The molecule has 138 valence electrons. The van der Waals surface area contributed by atoms with E-state index in [-0.39, 0.29) is 10.8 Å². The lowest BCUT2D eigenvalue weighted by atomic mass is 9.92. The summed E-state index contributed by atoms with van der Waals surface area (Å²) >= 11 is 1.79. The molecule has 1 aliphatic rings. The highest BCUT2D eigenvalue weighted by Gasteiger charge is 2.30. The van der Waals surface area contributed by atoms with Crippen molar-refractivity contribution in [2.45, 2.75) is 58.5 Å². The van der Waals surface area contributed by atoms with Gasteiger partial charge in [0.05, 0.1) is 34.3 Å². The predicted octanol–water partition coefficient (Wildman–Crippen LogP) is 3.98. The number of hydrogen-bond donors (Lipinski definition) is 0. The summed E-state index contributed by atoms with van der Waals surface area (Å²) in [6.45, 7) is 15.2. The van der Waals surface area contributed by atoms with Gasteiger partial charge in [0.1, 0.15) is 5.01 Å². The maximum atomic E-state index is 4.84. The average molecular weight is 370 g/mol. The van der Waals surface area contributed by atoms with Crippen LogP contribution in [0.5, 0.6) is 0 Å². The van der Waals surface area contributed by atoms with Crippen molar-refractivity contribution in [3.63, 3.8) is 0 Å². The second-order valence-electron chi connectivity index (χ2n) is 8.95. The van der Waals surface area contributed by atoms with E-state index in [0.717, 1.165) is 31.7 Å². The molecule has 0 radical (unpaired) electrons. The van der Waals surface area contributed by atoms with Gasteiger partial charge < -0.3 is 0 Å². The fourth-order valence-corrected chi connectivity index (χ4v) is 4.54. The molecule has 0 aromatic carbocycles. The molecular formula is C20H27N5S. The van der Waals surface area contributed by atoms with Gasteiger partial charge in [0.25, 0.3) is 0 Å². The van der Waals surface area contributed by atoms with Gasteiger partial charge in [-0.2, -0.15) is 5.10 Å². The van der Waals surface area contributed by atoms with Crippen molar-refractivity contribution >= 4 is 21.6 Å². The van der Waals surface area contributed by atoms with Crippen LogP contribution in [-0.2, 0) is 23.9 Å². The molecule has 0 atom stereocenters. The summed E-state index contributed by atoms with van der Waals surface area (Å²) in [6, 6.07) is 4.34. The molecule has 3 aromatic rings. The number of thiazole rings is 1. The Balaban J connectivity index is 1.53. The summed E-state index contributed by atoms with van der Waals surface area (Å²) in [5.74, 6) is 0. The molecule has 0 N–H and O–H groups in total. The van der Waals surface area contributed by atoms with Crippen LogP contribution < -0.4 is 0 Å². The minimum Gasteiger partial charge on any atom is -0.295 e. The Bertz CT molecular complexity index is 898. The van der Waals surface area contributed by atoms with Gasteiger partial charge in [-0.05, 0) is 12.1 Å². The van der Waals surface area contributed by atoms with Crippen molar-refractivity contribution in [1.29, 1.82) is 0 Å². The zero-order valence-electron chi connectivity index (χ0n) is 16.3. The van der Waals surface area contributed by atoms with E-state index < -0.39 is 0 Å². The van der Waals surface area contributed by atoms with Crippen LogP contribution in [0.1, 0.15) is 51.0 Å². The van der Waals surface area contributed by atoms with Crippen LogP contribution in [0, 0.1) is 0 Å². The van der Waals surface area contributed by atoms with Crippen LogP contribution in [0.4, 0.5) is 0 Å². The number of aromatic nitrogens is 4. The zero-order chi connectivity index (χ0) is 18.5. The Kier molecular flexibility index (Phi) is 4.15. The fourth-order valence-electron chi connectivity index (χ4n) is 3.52. The van der Waals surface area contributed by atoms with E-state index in [0.29, 0.717) is 0 Å². The highest BCUT2D eigenvalue weighted by atomic mass is 32.1. The summed E-state index contributed by atoms with van der Waals surface area (Å²) in [5, 5.41) is 6.00. The highest BCUT2D eigenvalue weighted by molar-refractivity contribution is 7.18. The maximum absolute atomic E-state index is 4.84. The summed E-state index contributed by atoms with van der Waals surface area (Å²) in [6.07, 6.45) is 3.70. The topological polar surface area (TPSA) is 46.8 Å².